The largest absolute Gasteiger partial charge is 0.314 e. The third kappa shape index (κ3) is 5.68. The van der Waals surface area contributed by atoms with E-state index in [2.05, 4.69) is 54.5 Å². The van der Waals surface area contributed by atoms with Gasteiger partial charge in [0.05, 0.1) is 0 Å². The van der Waals surface area contributed by atoms with E-state index in [0.29, 0.717) is 6.04 Å². The molecule has 0 spiro atoms. The van der Waals surface area contributed by atoms with Gasteiger partial charge in [-0.1, -0.05) is 42.8 Å². The molecule has 0 aliphatic carbocycles. The summed E-state index contributed by atoms with van der Waals surface area (Å²) in [6, 6.07) is 13.6. The van der Waals surface area contributed by atoms with Crippen LogP contribution in [0.2, 0.25) is 0 Å². The summed E-state index contributed by atoms with van der Waals surface area (Å²) in [5.74, 6) is 0. The van der Waals surface area contributed by atoms with Crippen LogP contribution in [0.5, 0.6) is 0 Å². The Hall–Kier alpha value is -1.67. The summed E-state index contributed by atoms with van der Waals surface area (Å²) in [5.41, 5.74) is 4.07. The number of hydrogen-bond acceptors (Lipinski definition) is 2. The molecule has 1 aromatic carbocycles. The fraction of sp³-hybridized carbons (Fsp3) is 0.421. The standard InChI is InChI=1S/C19H26N2/c1-3-12-21-19(14-18-5-4-13-20-15-18)11-10-17-8-6-16(2)7-9-17/h4-9,13,15,19,21H,3,10-12,14H2,1-2H3. The van der Waals surface area contributed by atoms with Gasteiger partial charge in [-0.2, -0.15) is 0 Å². The molecular weight excluding hydrogens is 256 g/mol. The predicted molar refractivity (Wildman–Crippen MR) is 89.5 cm³/mol. The van der Waals surface area contributed by atoms with E-state index >= 15 is 0 Å². The highest BCUT2D eigenvalue weighted by Gasteiger charge is 2.09. The number of rotatable bonds is 8. The molecule has 0 bridgehead atoms. The average molecular weight is 282 g/mol. The second-order valence-corrected chi connectivity index (χ2v) is 5.74. The van der Waals surface area contributed by atoms with Gasteiger partial charge in [0, 0.05) is 18.4 Å². The first-order valence-corrected chi connectivity index (χ1v) is 7.95. The van der Waals surface area contributed by atoms with Crippen LogP contribution in [-0.4, -0.2) is 17.6 Å². The Balaban J connectivity index is 1.91. The van der Waals surface area contributed by atoms with Crippen molar-refractivity contribution in [1.82, 2.24) is 10.3 Å². The maximum Gasteiger partial charge on any atom is 0.0300 e. The molecule has 112 valence electrons. The highest BCUT2D eigenvalue weighted by Crippen LogP contribution is 2.11. The number of aromatic nitrogens is 1. The Morgan fingerprint density at radius 3 is 2.57 bits per heavy atom. The number of benzene rings is 1. The van der Waals surface area contributed by atoms with Crippen LogP contribution < -0.4 is 5.32 Å². The number of hydrogen-bond donors (Lipinski definition) is 1. The molecule has 2 nitrogen and oxygen atoms in total. The summed E-state index contributed by atoms with van der Waals surface area (Å²) >= 11 is 0. The van der Waals surface area contributed by atoms with Gasteiger partial charge in [0.15, 0.2) is 0 Å². The van der Waals surface area contributed by atoms with Crippen molar-refractivity contribution < 1.29 is 0 Å². The first-order chi connectivity index (χ1) is 10.3. The van der Waals surface area contributed by atoms with Crippen molar-refractivity contribution in [3.63, 3.8) is 0 Å². The van der Waals surface area contributed by atoms with Crippen LogP contribution in [0.3, 0.4) is 0 Å². The van der Waals surface area contributed by atoms with Crippen molar-refractivity contribution in [1.29, 1.82) is 0 Å². The van der Waals surface area contributed by atoms with Crippen molar-refractivity contribution in [3.8, 4) is 0 Å². The van der Waals surface area contributed by atoms with Gasteiger partial charge in [0.2, 0.25) is 0 Å². The molecule has 0 fully saturated rings. The molecule has 1 heterocycles. The quantitative estimate of drug-likeness (QED) is 0.793. The van der Waals surface area contributed by atoms with Crippen molar-refractivity contribution in [2.45, 2.75) is 45.6 Å². The summed E-state index contributed by atoms with van der Waals surface area (Å²) in [6.45, 7) is 5.44. The zero-order valence-corrected chi connectivity index (χ0v) is 13.2. The van der Waals surface area contributed by atoms with E-state index in [9.17, 15) is 0 Å². The van der Waals surface area contributed by atoms with Crippen molar-refractivity contribution in [2.75, 3.05) is 6.54 Å². The number of pyridine rings is 1. The molecule has 0 saturated heterocycles. The fourth-order valence-electron chi connectivity index (χ4n) is 2.52. The highest BCUT2D eigenvalue weighted by molar-refractivity contribution is 5.21. The zero-order valence-electron chi connectivity index (χ0n) is 13.2. The lowest BCUT2D eigenvalue weighted by Crippen LogP contribution is -2.32. The summed E-state index contributed by atoms with van der Waals surface area (Å²) in [5, 5.41) is 3.67. The first-order valence-electron chi connectivity index (χ1n) is 7.95. The predicted octanol–water partition coefficient (Wildman–Crippen LogP) is 3.93. The summed E-state index contributed by atoms with van der Waals surface area (Å²) in [4.78, 5) is 4.22. The number of nitrogens with one attached hydrogen (secondary N) is 1. The molecule has 0 saturated carbocycles. The third-order valence-electron chi connectivity index (χ3n) is 3.79. The molecule has 0 aliphatic heterocycles. The van der Waals surface area contributed by atoms with E-state index in [-0.39, 0.29) is 0 Å². The van der Waals surface area contributed by atoms with Gasteiger partial charge in [-0.3, -0.25) is 4.98 Å². The SMILES string of the molecule is CCCNC(CCc1ccc(C)cc1)Cc1cccnc1. The Morgan fingerprint density at radius 2 is 1.90 bits per heavy atom. The van der Waals surface area contributed by atoms with E-state index in [1.807, 2.05) is 18.5 Å². The van der Waals surface area contributed by atoms with Gasteiger partial charge in [0.1, 0.15) is 0 Å². The molecule has 21 heavy (non-hydrogen) atoms. The van der Waals surface area contributed by atoms with E-state index < -0.39 is 0 Å². The van der Waals surface area contributed by atoms with E-state index in [1.165, 1.54) is 23.1 Å². The Bertz CT molecular complexity index is 505. The Labute approximate surface area is 128 Å². The molecule has 1 atom stereocenters. The van der Waals surface area contributed by atoms with Crippen LogP contribution in [0.1, 0.15) is 36.5 Å². The van der Waals surface area contributed by atoms with Crippen LogP contribution >= 0.6 is 0 Å². The molecular formula is C19H26N2. The second-order valence-electron chi connectivity index (χ2n) is 5.74. The molecule has 2 heteroatoms. The normalized spacial score (nSPS) is 12.3. The minimum Gasteiger partial charge on any atom is -0.314 e. The molecule has 2 rings (SSSR count). The molecule has 1 unspecified atom stereocenters. The molecule has 0 aliphatic rings. The van der Waals surface area contributed by atoms with E-state index in [1.54, 1.807) is 0 Å². The fourth-order valence-corrected chi connectivity index (χ4v) is 2.52. The van der Waals surface area contributed by atoms with Gasteiger partial charge >= 0.3 is 0 Å². The second kappa shape index (κ2) is 8.58. The highest BCUT2D eigenvalue weighted by atomic mass is 14.9. The molecule has 0 amide bonds. The monoisotopic (exact) mass is 282 g/mol. The molecule has 1 N–H and O–H groups in total. The topological polar surface area (TPSA) is 24.9 Å². The summed E-state index contributed by atoms with van der Waals surface area (Å²) in [6.07, 6.45) is 8.34. The molecule has 1 aromatic heterocycles. The summed E-state index contributed by atoms with van der Waals surface area (Å²) < 4.78 is 0. The zero-order chi connectivity index (χ0) is 14.9. The number of aryl methyl sites for hydroxylation is 2. The van der Waals surface area contributed by atoms with E-state index in [0.717, 1.165) is 25.8 Å². The van der Waals surface area contributed by atoms with Gasteiger partial charge in [-0.25, -0.2) is 0 Å². The lowest BCUT2D eigenvalue weighted by Gasteiger charge is -2.18. The van der Waals surface area contributed by atoms with Crippen LogP contribution in [0.25, 0.3) is 0 Å². The van der Waals surface area contributed by atoms with Crippen LogP contribution in [0, 0.1) is 6.92 Å². The lowest BCUT2D eigenvalue weighted by atomic mass is 9.99. The smallest absolute Gasteiger partial charge is 0.0300 e. The van der Waals surface area contributed by atoms with Crippen molar-refractivity contribution in [3.05, 3.63) is 65.5 Å². The van der Waals surface area contributed by atoms with Gasteiger partial charge < -0.3 is 5.32 Å². The number of nitrogens with zero attached hydrogens (tertiary/aromatic N) is 1. The Morgan fingerprint density at radius 1 is 1.10 bits per heavy atom. The van der Waals surface area contributed by atoms with Crippen molar-refractivity contribution >= 4 is 0 Å². The van der Waals surface area contributed by atoms with Crippen LogP contribution in [0.15, 0.2) is 48.8 Å². The van der Waals surface area contributed by atoms with Gasteiger partial charge in [-0.15, -0.1) is 0 Å². The third-order valence-corrected chi connectivity index (χ3v) is 3.79. The minimum absolute atomic E-state index is 0.524. The van der Waals surface area contributed by atoms with Crippen LogP contribution in [-0.2, 0) is 12.8 Å². The average Bonchev–Trinajstić information content (AvgIpc) is 2.52. The lowest BCUT2D eigenvalue weighted by molar-refractivity contribution is 0.477. The maximum atomic E-state index is 4.22. The van der Waals surface area contributed by atoms with E-state index in [4.69, 9.17) is 0 Å². The van der Waals surface area contributed by atoms with Gasteiger partial charge in [-0.05, 0) is 56.3 Å². The maximum absolute atomic E-state index is 4.22. The summed E-state index contributed by atoms with van der Waals surface area (Å²) in [7, 11) is 0. The minimum atomic E-state index is 0.524. The van der Waals surface area contributed by atoms with Crippen LogP contribution in [0.4, 0.5) is 0 Å². The molecule has 0 radical (unpaired) electrons. The molecule has 2 aromatic rings. The van der Waals surface area contributed by atoms with Crippen molar-refractivity contribution in [2.24, 2.45) is 0 Å². The first kappa shape index (κ1) is 15.7. The van der Waals surface area contributed by atoms with Gasteiger partial charge in [0.25, 0.3) is 0 Å². The Kier molecular flexibility index (Phi) is 6.42.